The summed E-state index contributed by atoms with van der Waals surface area (Å²) in [7, 11) is 0. The van der Waals surface area contributed by atoms with E-state index in [1.807, 2.05) is 6.07 Å². The second-order valence-corrected chi connectivity index (χ2v) is 9.04. The number of carbonyl (C=O) groups is 3. The Morgan fingerprint density at radius 3 is 2.44 bits per heavy atom. The number of rotatable bonds is 2. The smallest absolute Gasteiger partial charge is 0.327 e. The monoisotopic (exact) mass is 365 g/mol. The van der Waals surface area contributed by atoms with E-state index in [1.165, 1.54) is 21.8 Å². The Hall–Kier alpha value is -1.89. The second-order valence-electron chi connectivity index (χ2n) is 7.90. The van der Waals surface area contributed by atoms with Crippen LogP contribution >= 0.6 is 11.3 Å². The summed E-state index contributed by atoms with van der Waals surface area (Å²) in [6, 6.07) is 1.77. The van der Waals surface area contributed by atoms with Crippen molar-refractivity contribution in [2.24, 2.45) is 11.3 Å². The normalized spacial score (nSPS) is 17.0. The van der Waals surface area contributed by atoms with Gasteiger partial charge in [0.25, 0.3) is 5.91 Å². The molecule has 1 aliphatic carbocycles. The van der Waals surface area contributed by atoms with Crippen LogP contribution < -0.4 is 16.2 Å². The molecule has 0 unspecified atom stereocenters. The Morgan fingerprint density at radius 1 is 1.16 bits per heavy atom. The molecule has 0 spiro atoms. The van der Waals surface area contributed by atoms with Crippen LogP contribution in [0.5, 0.6) is 0 Å². The first-order valence-corrected chi connectivity index (χ1v) is 9.42. The highest BCUT2D eigenvalue weighted by atomic mass is 32.1. The van der Waals surface area contributed by atoms with E-state index in [0.717, 1.165) is 19.3 Å². The molecule has 0 radical (unpaired) electrons. The van der Waals surface area contributed by atoms with Gasteiger partial charge < -0.3 is 5.32 Å². The van der Waals surface area contributed by atoms with Gasteiger partial charge in [-0.2, -0.15) is 0 Å². The molecule has 7 heteroatoms. The molecule has 1 atom stereocenters. The minimum Gasteiger partial charge on any atom is -0.346 e. The maximum atomic E-state index is 12.2. The van der Waals surface area contributed by atoms with Crippen LogP contribution in [-0.2, 0) is 22.4 Å². The lowest BCUT2D eigenvalue weighted by atomic mass is 9.72. The van der Waals surface area contributed by atoms with Gasteiger partial charge in [-0.05, 0) is 56.1 Å². The molecule has 0 aromatic carbocycles. The zero-order valence-corrected chi connectivity index (χ0v) is 16.3. The second kappa shape index (κ2) is 7.56. The molecule has 0 saturated carbocycles. The Kier molecular flexibility index (Phi) is 5.87. The Balaban J connectivity index is 1.95. The molecule has 1 aliphatic rings. The molecule has 0 aliphatic heterocycles. The quantitative estimate of drug-likeness (QED) is 0.554. The highest BCUT2D eigenvalue weighted by molar-refractivity contribution is 7.14. The number of nitrogens with one attached hydrogen (secondary N) is 3. The van der Waals surface area contributed by atoms with Crippen LogP contribution in [0.25, 0.3) is 0 Å². The largest absolute Gasteiger partial charge is 0.346 e. The molecule has 1 aromatic rings. The molecule has 138 valence electrons. The summed E-state index contributed by atoms with van der Waals surface area (Å²) in [6.45, 7) is 10.3. The average Bonchev–Trinajstić information content (AvgIpc) is 2.93. The van der Waals surface area contributed by atoms with Crippen molar-refractivity contribution < 1.29 is 14.4 Å². The SMILES string of the molecule is CC(C)NC(=O)C(=O)NNC(=O)c1cc2c(s1)CC[C@@H](C(C)(C)C)C2. The van der Waals surface area contributed by atoms with E-state index >= 15 is 0 Å². The van der Waals surface area contributed by atoms with Gasteiger partial charge in [0.1, 0.15) is 0 Å². The molecule has 1 aromatic heterocycles. The number of fused-ring (bicyclic) bond motifs is 1. The van der Waals surface area contributed by atoms with Gasteiger partial charge in [-0.15, -0.1) is 11.3 Å². The fraction of sp³-hybridized carbons (Fsp3) is 0.611. The summed E-state index contributed by atoms with van der Waals surface area (Å²) in [5.74, 6) is -1.44. The third-order valence-corrected chi connectivity index (χ3v) is 5.68. The van der Waals surface area contributed by atoms with Crippen LogP contribution in [0.4, 0.5) is 0 Å². The number of thiophene rings is 1. The molecule has 0 saturated heterocycles. The maximum Gasteiger partial charge on any atom is 0.327 e. The topological polar surface area (TPSA) is 87.3 Å². The van der Waals surface area contributed by atoms with Gasteiger partial charge in [-0.25, -0.2) is 0 Å². The van der Waals surface area contributed by atoms with Crippen molar-refractivity contribution in [3.63, 3.8) is 0 Å². The lowest BCUT2D eigenvalue weighted by Gasteiger charge is -2.33. The summed E-state index contributed by atoms with van der Waals surface area (Å²) in [5.41, 5.74) is 5.95. The van der Waals surface area contributed by atoms with Crippen molar-refractivity contribution in [1.82, 2.24) is 16.2 Å². The zero-order valence-electron chi connectivity index (χ0n) is 15.5. The molecule has 0 fully saturated rings. The fourth-order valence-corrected chi connectivity index (χ4v) is 4.04. The van der Waals surface area contributed by atoms with Crippen molar-refractivity contribution in [2.45, 2.75) is 59.9 Å². The van der Waals surface area contributed by atoms with Crippen LogP contribution in [0, 0.1) is 11.3 Å². The summed E-state index contributed by atoms with van der Waals surface area (Å²) in [6.07, 6.45) is 3.09. The van der Waals surface area contributed by atoms with Crippen molar-refractivity contribution in [1.29, 1.82) is 0 Å². The highest BCUT2D eigenvalue weighted by Gasteiger charge is 2.30. The molecule has 1 heterocycles. The minimum atomic E-state index is -0.879. The van der Waals surface area contributed by atoms with Crippen LogP contribution in [0.2, 0.25) is 0 Å². The van der Waals surface area contributed by atoms with Gasteiger partial charge in [-0.1, -0.05) is 20.8 Å². The number of aryl methyl sites for hydroxylation is 1. The van der Waals surface area contributed by atoms with Crippen LogP contribution in [0.3, 0.4) is 0 Å². The van der Waals surface area contributed by atoms with Crippen molar-refractivity contribution >= 4 is 29.1 Å². The number of hydrogen-bond acceptors (Lipinski definition) is 4. The summed E-state index contributed by atoms with van der Waals surface area (Å²) in [5, 5.41) is 2.47. The van der Waals surface area contributed by atoms with Gasteiger partial charge in [-0.3, -0.25) is 25.2 Å². The summed E-state index contributed by atoms with van der Waals surface area (Å²) >= 11 is 1.46. The van der Waals surface area contributed by atoms with E-state index in [4.69, 9.17) is 0 Å². The minimum absolute atomic E-state index is 0.145. The standard InChI is InChI=1S/C18H27N3O3S/c1-10(2)19-16(23)17(24)21-20-15(22)14-9-11-8-12(18(3,4)5)6-7-13(11)25-14/h9-10,12H,6-8H2,1-5H3,(H,19,23)(H,20,22)(H,21,24)/t12-/m1/s1. The molecular formula is C18H27N3O3S. The molecule has 3 amide bonds. The van der Waals surface area contributed by atoms with Crippen molar-refractivity contribution in [3.05, 3.63) is 21.4 Å². The molecule has 25 heavy (non-hydrogen) atoms. The van der Waals surface area contributed by atoms with Gasteiger partial charge in [0, 0.05) is 10.9 Å². The average molecular weight is 365 g/mol. The van der Waals surface area contributed by atoms with Crippen LogP contribution in [-0.4, -0.2) is 23.8 Å². The molecular weight excluding hydrogens is 338 g/mol. The van der Waals surface area contributed by atoms with Crippen molar-refractivity contribution in [3.8, 4) is 0 Å². The van der Waals surface area contributed by atoms with Gasteiger partial charge in [0.15, 0.2) is 0 Å². The van der Waals surface area contributed by atoms with Gasteiger partial charge >= 0.3 is 11.8 Å². The van der Waals surface area contributed by atoms with Gasteiger partial charge in [0.2, 0.25) is 0 Å². The van der Waals surface area contributed by atoms with E-state index in [1.54, 1.807) is 13.8 Å². The summed E-state index contributed by atoms with van der Waals surface area (Å²) in [4.78, 5) is 37.2. The van der Waals surface area contributed by atoms with E-state index in [9.17, 15) is 14.4 Å². The van der Waals surface area contributed by atoms with E-state index in [0.29, 0.717) is 10.8 Å². The Morgan fingerprint density at radius 2 is 1.84 bits per heavy atom. The molecule has 3 N–H and O–H groups in total. The van der Waals surface area contributed by atoms with E-state index in [-0.39, 0.29) is 11.5 Å². The summed E-state index contributed by atoms with van der Waals surface area (Å²) < 4.78 is 0. The third-order valence-electron chi connectivity index (χ3n) is 4.45. The first-order valence-electron chi connectivity index (χ1n) is 8.60. The first-order chi connectivity index (χ1) is 11.6. The predicted molar refractivity (Wildman–Crippen MR) is 98.2 cm³/mol. The lowest BCUT2D eigenvalue weighted by molar-refractivity contribution is -0.139. The third kappa shape index (κ3) is 5.04. The van der Waals surface area contributed by atoms with Crippen LogP contribution in [0.1, 0.15) is 61.2 Å². The molecule has 0 bridgehead atoms. The van der Waals surface area contributed by atoms with E-state index < -0.39 is 17.7 Å². The van der Waals surface area contributed by atoms with Crippen molar-refractivity contribution in [2.75, 3.05) is 0 Å². The maximum absolute atomic E-state index is 12.2. The number of carbonyl (C=O) groups excluding carboxylic acids is 3. The fourth-order valence-electron chi connectivity index (χ4n) is 2.93. The molecule has 2 rings (SSSR count). The number of hydrogen-bond donors (Lipinski definition) is 3. The number of amides is 3. The Bertz CT molecular complexity index is 674. The van der Waals surface area contributed by atoms with E-state index in [2.05, 4.69) is 36.9 Å². The lowest BCUT2D eigenvalue weighted by Crippen LogP contribution is -2.49. The van der Waals surface area contributed by atoms with Gasteiger partial charge in [0.05, 0.1) is 4.88 Å². The number of hydrazine groups is 1. The first kappa shape index (κ1) is 19.4. The highest BCUT2D eigenvalue weighted by Crippen LogP contribution is 2.39. The van der Waals surface area contributed by atoms with Crippen LogP contribution in [0.15, 0.2) is 6.07 Å². The Labute approximate surface area is 152 Å². The predicted octanol–water partition coefficient (Wildman–Crippen LogP) is 2.18. The zero-order chi connectivity index (χ0) is 18.8. The molecule has 6 nitrogen and oxygen atoms in total.